The Labute approximate surface area is 151 Å². The first kappa shape index (κ1) is 16.7. The zero-order valence-corrected chi connectivity index (χ0v) is 15.5. The third-order valence-corrected chi connectivity index (χ3v) is 6.72. The van der Waals surface area contributed by atoms with E-state index in [1.54, 1.807) is 17.1 Å². The average Bonchev–Trinajstić information content (AvgIpc) is 3.33. The largest absolute Gasteiger partial charge is 0.378 e. The summed E-state index contributed by atoms with van der Waals surface area (Å²) in [6, 6.07) is 0.225. The van der Waals surface area contributed by atoms with E-state index in [1.807, 2.05) is 20.2 Å². The highest BCUT2D eigenvalue weighted by atomic mass is 32.1. The lowest BCUT2D eigenvalue weighted by Crippen LogP contribution is -2.63. The number of hydrogen-bond donors (Lipinski definition) is 1. The number of rotatable bonds is 5. The molecule has 0 aromatic carbocycles. The van der Waals surface area contributed by atoms with Gasteiger partial charge in [0, 0.05) is 36.9 Å². The number of carbonyl (C=O) groups is 1. The molecule has 2 aliphatic carbocycles. The van der Waals surface area contributed by atoms with Gasteiger partial charge in [0.05, 0.1) is 18.5 Å². The van der Waals surface area contributed by atoms with Crippen molar-refractivity contribution < 1.29 is 9.53 Å². The molecule has 1 spiro atoms. The molecule has 6 nitrogen and oxygen atoms in total. The molecular weight excluding hydrogens is 336 g/mol. The van der Waals surface area contributed by atoms with Crippen LogP contribution in [0.15, 0.2) is 18.6 Å². The monoisotopic (exact) mass is 360 g/mol. The molecule has 2 aliphatic rings. The highest BCUT2D eigenvalue weighted by molar-refractivity contribution is 7.16. The van der Waals surface area contributed by atoms with Crippen LogP contribution in [0.1, 0.15) is 48.7 Å². The molecule has 2 heterocycles. The Morgan fingerprint density at radius 1 is 1.44 bits per heavy atom. The number of nitrogens with one attached hydrogen (secondary N) is 1. The second kappa shape index (κ2) is 6.53. The molecule has 0 radical (unpaired) electrons. The zero-order chi connectivity index (χ0) is 17.4. The van der Waals surface area contributed by atoms with Crippen molar-refractivity contribution in [3.63, 3.8) is 0 Å². The molecule has 2 saturated carbocycles. The first-order valence-electron chi connectivity index (χ1n) is 8.99. The summed E-state index contributed by atoms with van der Waals surface area (Å²) >= 11 is 1.42. The summed E-state index contributed by atoms with van der Waals surface area (Å²) in [4.78, 5) is 17.7. The minimum absolute atomic E-state index is 0.0149. The van der Waals surface area contributed by atoms with Crippen molar-refractivity contribution in [2.45, 2.75) is 51.2 Å². The Morgan fingerprint density at radius 2 is 2.24 bits per heavy atom. The molecule has 2 aromatic heterocycles. The number of thiazole rings is 1. The number of carbonyl (C=O) groups excluding carboxylic acids is 1. The molecule has 0 saturated heterocycles. The van der Waals surface area contributed by atoms with Crippen LogP contribution in [0.5, 0.6) is 0 Å². The van der Waals surface area contributed by atoms with Crippen LogP contribution in [0, 0.1) is 5.41 Å². The van der Waals surface area contributed by atoms with E-state index in [2.05, 4.69) is 15.4 Å². The van der Waals surface area contributed by atoms with Gasteiger partial charge in [0.1, 0.15) is 9.88 Å². The quantitative estimate of drug-likeness (QED) is 0.890. The molecule has 7 heteroatoms. The van der Waals surface area contributed by atoms with Gasteiger partial charge in [-0.1, -0.05) is 12.8 Å². The van der Waals surface area contributed by atoms with Gasteiger partial charge < -0.3 is 10.1 Å². The van der Waals surface area contributed by atoms with Gasteiger partial charge in [0.25, 0.3) is 5.91 Å². The predicted octanol–water partition coefficient (Wildman–Crippen LogP) is 3.01. The van der Waals surface area contributed by atoms with E-state index in [9.17, 15) is 4.79 Å². The molecule has 2 fully saturated rings. The van der Waals surface area contributed by atoms with Gasteiger partial charge in [0.15, 0.2) is 0 Å². The molecule has 2 unspecified atom stereocenters. The summed E-state index contributed by atoms with van der Waals surface area (Å²) in [5, 5.41) is 8.24. The van der Waals surface area contributed by atoms with Crippen LogP contribution in [-0.4, -0.2) is 39.4 Å². The van der Waals surface area contributed by atoms with Crippen LogP contribution in [0.4, 0.5) is 0 Å². The summed E-state index contributed by atoms with van der Waals surface area (Å²) in [5.74, 6) is -0.0149. The van der Waals surface area contributed by atoms with Gasteiger partial charge in [-0.2, -0.15) is 5.10 Å². The Balaban J connectivity index is 1.45. The molecule has 0 aliphatic heterocycles. The predicted molar refractivity (Wildman–Crippen MR) is 96.5 cm³/mol. The Morgan fingerprint density at radius 3 is 2.92 bits per heavy atom. The van der Waals surface area contributed by atoms with E-state index in [0.717, 1.165) is 36.4 Å². The molecule has 0 bridgehead atoms. The first-order valence-corrected chi connectivity index (χ1v) is 9.81. The number of aromatic nitrogens is 3. The number of nitrogens with zero attached hydrogens (tertiary/aromatic N) is 3. The average molecular weight is 360 g/mol. The third-order valence-electron chi connectivity index (χ3n) is 5.67. The van der Waals surface area contributed by atoms with Crippen molar-refractivity contribution >= 4 is 17.2 Å². The summed E-state index contributed by atoms with van der Waals surface area (Å²) in [6.45, 7) is 2.79. The minimum Gasteiger partial charge on any atom is -0.378 e. The Bertz CT molecular complexity index is 763. The van der Waals surface area contributed by atoms with Crippen LogP contribution in [-0.2, 0) is 11.8 Å². The van der Waals surface area contributed by atoms with Gasteiger partial charge in [0.2, 0.25) is 0 Å². The second-order valence-corrected chi connectivity index (χ2v) is 8.11. The lowest BCUT2D eigenvalue weighted by atomic mass is 9.60. The van der Waals surface area contributed by atoms with Gasteiger partial charge in [-0.05, 0) is 26.2 Å². The van der Waals surface area contributed by atoms with Crippen molar-refractivity contribution in [2.24, 2.45) is 12.5 Å². The van der Waals surface area contributed by atoms with Crippen molar-refractivity contribution in [3.8, 4) is 10.6 Å². The van der Waals surface area contributed by atoms with E-state index in [-0.39, 0.29) is 17.4 Å². The topological polar surface area (TPSA) is 69.0 Å². The molecule has 4 rings (SSSR count). The molecule has 2 aromatic rings. The standard InChI is InChI=1S/C18H24N4O2S/c1-3-24-15-8-14(18(15)6-4-5-7-18)21-16(23)13-10-19-17(25-13)12-9-20-22(2)11-12/h9-11,14-15H,3-8H2,1-2H3,(H,21,23). The first-order chi connectivity index (χ1) is 12.1. The fourth-order valence-corrected chi connectivity index (χ4v) is 5.16. The number of hydrogen-bond acceptors (Lipinski definition) is 5. The zero-order valence-electron chi connectivity index (χ0n) is 14.7. The molecule has 25 heavy (non-hydrogen) atoms. The maximum Gasteiger partial charge on any atom is 0.263 e. The maximum atomic E-state index is 12.7. The van der Waals surface area contributed by atoms with E-state index in [1.165, 1.54) is 24.2 Å². The second-order valence-electron chi connectivity index (χ2n) is 7.08. The number of aryl methyl sites for hydroxylation is 1. The van der Waals surface area contributed by atoms with Crippen LogP contribution < -0.4 is 5.32 Å². The van der Waals surface area contributed by atoms with Crippen LogP contribution in [0.2, 0.25) is 0 Å². The van der Waals surface area contributed by atoms with Crippen molar-refractivity contribution in [2.75, 3.05) is 6.61 Å². The smallest absolute Gasteiger partial charge is 0.263 e. The lowest BCUT2D eigenvalue weighted by molar-refractivity contribution is -0.127. The molecule has 1 N–H and O–H groups in total. The summed E-state index contributed by atoms with van der Waals surface area (Å²) in [7, 11) is 1.87. The summed E-state index contributed by atoms with van der Waals surface area (Å²) in [6.07, 6.45) is 11.4. The van der Waals surface area contributed by atoms with E-state index >= 15 is 0 Å². The Kier molecular flexibility index (Phi) is 4.37. The normalized spacial score (nSPS) is 24.4. The van der Waals surface area contributed by atoms with Gasteiger partial charge in [-0.15, -0.1) is 11.3 Å². The third kappa shape index (κ3) is 2.89. The fraction of sp³-hybridized carbons (Fsp3) is 0.611. The molecule has 2 atom stereocenters. The van der Waals surface area contributed by atoms with Crippen LogP contribution in [0.25, 0.3) is 10.6 Å². The highest BCUT2D eigenvalue weighted by Crippen LogP contribution is 2.54. The molecular formula is C18H24N4O2S. The lowest BCUT2D eigenvalue weighted by Gasteiger charge is -2.54. The van der Waals surface area contributed by atoms with Crippen LogP contribution in [0.3, 0.4) is 0 Å². The van der Waals surface area contributed by atoms with Crippen LogP contribution >= 0.6 is 11.3 Å². The minimum atomic E-state index is -0.0149. The SMILES string of the molecule is CCOC1CC(NC(=O)c2cnc(-c3cnn(C)c3)s2)C12CCCC2. The highest BCUT2D eigenvalue weighted by Gasteiger charge is 2.57. The summed E-state index contributed by atoms with van der Waals surface area (Å²) < 4.78 is 7.67. The fourth-order valence-electron chi connectivity index (χ4n) is 4.36. The van der Waals surface area contributed by atoms with E-state index in [4.69, 9.17) is 4.74 Å². The number of amides is 1. The van der Waals surface area contributed by atoms with Gasteiger partial charge in [-0.25, -0.2) is 4.98 Å². The van der Waals surface area contributed by atoms with Crippen molar-refractivity contribution in [3.05, 3.63) is 23.5 Å². The van der Waals surface area contributed by atoms with Crippen molar-refractivity contribution in [1.82, 2.24) is 20.1 Å². The van der Waals surface area contributed by atoms with Crippen molar-refractivity contribution in [1.29, 1.82) is 0 Å². The van der Waals surface area contributed by atoms with Gasteiger partial charge >= 0.3 is 0 Å². The van der Waals surface area contributed by atoms with E-state index < -0.39 is 0 Å². The molecule has 1 amide bonds. The van der Waals surface area contributed by atoms with E-state index in [0.29, 0.717) is 11.0 Å². The maximum absolute atomic E-state index is 12.7. The summed E-state index contributed by atoms with van der Waals surface area (Å²) in [5.41, 5.74) is 1.10. The van der Waals surface area contributed by atoms with Gasteiger partial charge in [-0.3, -0.25) is 9.48 Å². The Hall–Kier alpha value is -1.73. The molecule has 134 valence electrons. The number of ether oxygens (including phenoxy) is 1.